The van der Waals surface area contributed by atoms with Gasteiger partial charge in [-0.2, -0.15) is 0 Å². The first-order valence-corrected chi connectivity index (χ1v) is 7.51. The normalized spacial score (nSPS) is 10.7. The van der Waals surface area contributed by atoms with Crippen LogP contribution in [-0.4, -0.2) is 28.3 Å². The Morgan fingerprint density at radius 1 is 1.38 bits per heavy atom. The Balaban J connectivity index is 3.02. The van der Waals surface area contributed by atoms with Crippen molar-refractivity contribution < 1.29 is 9.72 Å². The lowest BCUT2D eigenvalue weighted by Crippen LogP contribution is -2.37. The lowest BCUT2D eigenvalue weighted by Gasteiger charge is -2.27. The van der Waals surface area contributed by atoms with E-state index in [2.05, 4.69) is 6.92 Å². The fourth-order valence-corrected chi connectivity index (χ4v) is 2.27. The Bertz CT molecular complexity index is 518. The number of amides is 1. The highest BCUT2D eigenvalue weighted by atomic mass is 35.5. The molecule has 116 valence electrons. The van der Waals surface area contributed by atoms with Gasteiger partial charge in [-0.3, -0.25) is 14.9 Å². The van der Waals surface area contributed by atoms with Gasteiger partial charge in [0.15, 0.2) is 0 Å². The summed E-state index contributed by atoms with van der Waals surface area (Å²) in [7, 11) is 0. The quantitative estimate of drug-likeness (QED) is 0.428. The summed E-state index contributed by atoms with van der Waals surface area (Å²) in [6.45, 7) is 6.58. The van der Waals surface area contributed by atoms with E-state index < -0.39 is 4.92 Å². The Kier molecular flexibility index (Phi) is 6.62. The van der Waals surface area contributed by atoms with E-state index in [1.807, 2.05) is 13.8 Å². The van der Waals surface area contributed by atoms with Crippen LogP contribution >= 0.6 is 11.6 Å². The standard InChI is InChI=1S/C15H21ClN2O3/c1-4-5-6-9-17(11(2)3)15(19)13-10-12(18(20)21)7-8-14(13)16/h7-8,10-11H,4-6,9H2,1-3H3. The molecule has 0 atom stereocenters. The van der Waals surface area contributed by atoms with Crippen molar-refractivity contribution >= 4 is 23.2 Å². The second kappa shape index (κ2) is 7.98. The Morgan fingerprint density at radius 2 is 2.05 bits per heavy atom. The predicted octanol–water partition coefficient (Wildman–Crippen LogP) is 4.29. The summed E-state index contributed by atoms with van der Waals surface area (Å²) in [6, 6.07) is 3.97. The van der Waals surface area contributed by atoms with Gasteiger partial charge in [-0.15, -0.1) is 0 Å². The van der Waals surface area contributed by atoms with Gasteiger partial charge in [0.05, 0.1) is 15.5 Å². The number of non-ortho nitro benzene ring substituents is 1. The molecule has 0 aromatic heterocycles. The Hall–Kier alpha value is -1.62. The summed E-state index contributed by atoms with van der Waals surface area (Å²) < 4.78 is 0. The maximum Gasteiger partial charge on any atom is 0.270 e. The van der Waals surface area contributed by atoms with E-state index in [0.717, 1.165) is 19.3 Å². The van der Waals surface area contributed by atoms with E-state index in [-0.39, 0.29) is 28.2 Å². The summed E-state index contributed by atoms with van der Waals surface area (Å²) in [5.41, 5.74) is 0.0658. The molecule has 0 radical (unpaired) electrons. The molecule has 1 aromatic carbocycles. The molecule has 1 rings (SSSR count). The molecule has 0 heterocycles. The molecule has 1 aromatic rings. The average Bonchev–Trinajstić information content (AvgIpc) is 2.42. The number of nitrogens with zero attached hydrogens (tertiary/aromatic N) is 2. The van der Waals surface area contributed by atoms with Crippen molar-refractivity contribution in [2.24, 2.45) is 0 Å². The molecule has 0 saturated heterocycles. The van der Waals surface area contributed by atoms with Crippen molar-refractivity contribution in [1.82, 2.24) is 4.90 Å². The van der Waals surface area contributed by atoms with Crippen molar-refractivity contribution in [2.75, 3.05) is 6.54 Å². The molecule has 5 nitrogen and oxygen atoms in total. The minimum atomic E-state index is -0.524. The van der Waals surface area contributed by atoms with Crippen LogP contribution in [0.15, 0.2) is 18.2 Å². The summed E-state index contributed by atoms with van der Waals surface area (Å²) in [6.07, 6.45) is 3.02. The zero-order valence-electron chi connectivity index (χ0n) is 12.6. The van der Waals surface area contributed by atoms with Crippen LogP contribution in [0.1, 0.15) is 50.4 Å². The van der Waals surface area contributed by atoms with E-state index in [1.165, 1.54) is 18.2 Å². The number of hydrogen-bond acceptors (Lipinski definition) is 3. The van der Waals surface area contributed by atoms with Gasteiger partial charge >= 0.3 is 0 Å². The highest BCUT2D eigenvalue weighted by Gasteiger charge is 2.22. The molecule has 0 fully saturated rings. The third kappa shape index (κ3) is 4.70. The molecule has 0 spiro atoms. The minimum absolute atomic E-state index is 0.0182. The summed E-state index contributed by atoms with van der Waals surface area (Å²) >= 11 is 6.04. The van der Waals surface area contributed by atoms with E-state index in [9.17, 15) is 14.9 Å². The van der Waals surface area contributed by atoms with Crippen LogP contribution in [0.3, 0.4) is 0 Å². The van der Waals surface area contributed by atoms with Gasteiger partial charge in [-0.05, 0) is 26.3 Å². The molecular formula is C15H21ClN2O3. The van der Waals surface area contributed by atoms with Crippen molar-refractivity contribution in [3.05, 3.63) is 38.9 Å². The highest BCUT2D eigenvalue weighted by Crippen LogP contribution is 2.24. The minimum Gasteiger partial charge on any atom is -0.336 e. The number of rotatable bonds is 7. The van der Waals surface area contributed by atoms with Crippen molar-refractivity contribution in [3.8, 4) is 0 Å². The van der Waals surface area contributed by atoms with Crippen LogP contribution in [0.2, 0.25) is 5.02 Å². The van der Waals surface area contributed by atoms with E-state index in [0.29, 0.717) is 6.54 Å². The van der Waals surface area contributed by atoms with Crippen molar-refractivity contribution in [1.29, 1.82) is 0 Å². The topological polar surface area (TPSA) is 63.5 Å². The third-order valence-electron chi connectivity index (χ3n) is 3.28. The highest BCUT2D eigenvalue weighted by molar-refractivity contribution is 6.33. The van der Waals surface area contributed by atoms with Gasteiger partial charge in [0.1, 0.15) is 0 Å². The number of nitro benzene ring substituents is 1. The summed E-state index contributed by atoms with van der Waals surface area (Å²) in [5, 5.41) is 11.1. The zero-order valence-corrected chi connectivity index (χ0v) is 13.4. The number of carbonyl (C=O) groups is 1. The van der Waals surface area contributed by atoms with Crippen molar-refractivity contribution in [2.45, 2.75) is 46.1 Å². The van der Waals surface area contributed by atoms with E-state index in [4.69, 9.17) is 11.6 Å². The van der Waals surface area contributed by atoms with Gasteiger partial charge in [0, 0.05) is 24.7 Å². The van der Waals surface area contributed by atoms with E-state index in [1.54, 1.807) is 4.90 Å². The molecule has 0 aliphatic carbocycles. The molecule has 0 N–H and O–H groups in total. The Labute approximate surface area is 130 Å². The first-order chi connectivity index (χ1) is 9.88. The molecular weight excluding hydrogens is 292 g/mol. The van der Waals surface area contributed by atoms with Crippen LogP contribution in [0, 0.1) is 10.1 Å². The first kappa shape index (κ1) is 17.4. The predicted molar refractivity (Wildman–Crippen MR) is 83.8 cm³/mol. The number of hydrogen-bond donors (Lipinski definition) is 0. The van der Waals surface area contributed by atoms with Gasteiger partial charge in [-0.25, -0.2) is 0 Å². The number of nitro groups is 1. The van der Waals surface area contributed by atoms with Crippen LogP contribution in [0.4, 0.5) is 5.69 Å². The number of halogens is 1. The molecule has 0 bridgehead atoms. The SMILES string of the molecule is CCCCCN(C(=O)c1cc([N+](=O)[O-])ccc1Cl)C(C)C. The molecule has 0 saturated carbocycles. The smallest absolute Gasteiger partial charge is 0.270 e. The number of benzene rings is 1. The van der Waals surface area contributed by atoms with Gasteiger partial charge in [0.2, 0.25) is 0 Å². The largest absolute Gasteiger partial charge is 0.336 e. The maximum absolute atomic E-state index is 12.6. The fraction of sp³-hybridized carbons (Fsp3) is 0.533. The number of unbranched alkanes of at least 4 members (excludes halogenated alkanes) is 2. The average molecular weight is 313 g/mol. The van der Waals surface area contributed by atoms with Crippen LogP contribution in [0.5, 0.6) is 0 Å². The Morgan fingerprint density at radius 3 is 2.57 bits per heavy atom. The van der Waals surface area contributed by atoms with Crippen LogP contribution in [-0.2, 0) is 0 Å². The van der Waals surface area contributed by atoms with Gasteiger partial charge in [0.25, 0.3) is 11.6 Å². The van der Waals surface area contributed by atoms with E-state index >= 15 is 0 Å². The molecule has 21 heavy (non-hydrogen) atoms. The monoisotopic (exact) mass is 312 g/mol. The number of carbonyl (C=O) groups excluding carboxylic acids is 1. The lowest BCUT2D eigenvalue weighted by atomic mass is 10.1. The van der Waals surface area contributed by atoms with Gasteiger partial charge < -0.3 is 4.90 Å². The summed E-state index contributed by atoms with van der Waals surface area (Å²) in [5.74, 6) is -0.255. The maximum atomic E-state index is 12.6. The molecule has 1 amide bonds. The second-order valence-corrected chi connectivity index (χ2v) is 5.63. The fourth-order valence-electron chi connectivity index (χ4n) is 2.07. The molecule has 0 aliphatic heterocycles. The lowest BCUT2D eigenvalue weighted by molar-refractivity contribution is -0.384. The molecule has 0 aliphatic rings. The van der Waals surface area contributed by atoms with Crippen LogP contribution < -0.4 is 0 Å². The van der Waals surface area contributed by atoms with Crippen molar-refractivity contribution in [3.63, 3.8) is 0 Å². The molecule has 0 unspecified atom stereocenters. The zero-order chi connectivity index (χ0) is 16.0. The second-order valence-electron chi connectivity index (χ2n) is 5.22. The third-order valence-corrected chi connectivity index (χ3v) is 3.61. The van der Waals surface area contributed by atoms with Crippen LogP contribution in [0.25, 0.3) is 0 Å². The molecule has 6 heteroatoms. The van der Waals surface area contributed by atoms with Gasteiger partial charge in [-0.1, -0.05) is 31.4 Å². The first-order valence-electron chi connectivity index (χ1n) is 7.13. The summed E-state index contributed by atoms with van der Waals surface area (Å²) in [4.78, 5) is 24.6.